The Labute approximate surface area is 161 Å². The molecule has 0 heterocycles. The van der Waals surface area contributed by atoms with Crippen LogP contribution in [0.1, 0.15) is 18.1 Å². The Kier molecular flexibility index (Phi) is 8.16. The van der Waals surface area contributed by atoms with Crippen molar-refractivity contribution in [2.24, 2.45) is 4.99 Å². The van der Waals surface area contributed by atoms with Crippen LogP contribution in [0, 0.1) is 0 Å². The molecule has 0 saturated heterocycles. The summed E-state index contributed by atoms with van der Waals surface area (Å²) in [5.74, 6) is 1.36. The monoisotopic (exact) mass is 368 g/mol. The van der Waals surface area contributed by atoms with Gasteiger partial charge in [-0.15, -0.1) is 0 Å². The molecule has 0 aliphatic carbocycles. The van der Waals surface area contributed by atoms with Gasteiger partial charge < -0.3 is 20.3 Å². The minimum absolute atomic E-state index is 0.0288. The molecule has 0 aromatic heterocycles. The smallest absolute Gasteiger partial charge is 0.259 e. The van der Waals surface area contributed by atoms with Gasteiger partial charge in [0.05, 0.1) is 6.54 Å². The number of nitrogens with one attached hydrogen (secondary N) is 2. The second kappa shape index (κ2) is 10.9. The predicted molar refractivity (Wildman–Crippen MR) is 109 cm³/mol. The van der Waals surface area contributed by atoms with Crippen LogP contribution in [-0.4, -0.2) is 44.0 Å². The van der Waals surface area contributed by atoms with Crippen molar-refractivity contribution in [3.63, 3.8) is 0 Å². The first kappa shape index (κ1) is 20.3. The molecule has 0 spiro atoms. The van der Waals surface area contributed by atoms with Crippen LogP contribution in [0.15, 0.2) is 59.6 Å². The van der Waals surface area contributed by atoms with Gasteiger partial charge in [-0.25, -0.2) is 4.99 Å². The molecule has 0 aliphatic heterocycles. The third-order valence-corrected chi connectivity index (χ3v) is 3.83. The number of benzene rings is 2. The number of aliphatic imine (C=N–C) groups is 1. The fourth-order valence-electron chi connectivity index (χ4n) is 2.30. The Hall–Kier alpha value is -3.02. The number of carbonyl (C=O) groups is 1. The van der Waals surface area contributed by atoms with Crippen molar-refractivity contribution in [3.8, 4) is 5.75 Å². The Morgan fingerprint density at radius 1 is 1.04 bits per heavy atom. The highest BCUT2D eigenvalue weighted by atomic mass is 16.5. The van der Waals surface area contributed by atoms with E-state index in [4.69, 9.17) is 4.74 Å². The van der Waals surface area contributed by atoms with E-state index < -0.39 is 0 Å². The standard InChI is InChI=1S/C21H28N4O2/c1-4-22-21(23-14-17-9-6-5-7-10-17)24-15-18-11-8-12-19(13-18)27-16-20(26)25(2)3/h5-13H,4,14-16H2,1-3H3,(H2,22,23,24). The van der Waals surface area contributed by atoms with E-state index in [0.29, 0.717) is 18.8 Å². The van der Waals surface area contributed by atoms with Gasteiger partial charge in [0.15, 0.2) is 12.6 Å². The zero-order valence-corrected chi connectivity index (χ0v) is 16.2. The molecule has 2 N–H and O–H groups in total. The van der Waals surface area contributed by atoms with Crippen molar-refractivity contribution >= 4 is 11.9 Å². The van der Waals surface area contributed by atoms with Crippen molar-refractivity contribution in [2.75, 3.05) is 27.2 Å². The number of carbonyl (C=O) groups excluding carboxylic acids is 1. The highest BCUT2D eigenvalue weighted by molar-refractivity contribution is 5.79. The van der Waals surface area contributed by atoms with Gasteiger partial charge in [-0.1, -0.05) is 42.5 Å². The summed E-state index contributed by atoms with van der Waals surface area (Å²) in [5.41, 5.74) is 2.21. The lowest BCUT2D eigenvalue weighted by Gasteiger charge is -2.12. The van der Waals surface area contributed by atoms with Gasteiger partial charge in [0.1, 0.15) is 5.75 Å². The normalized spacial score (nSPS) is 11.0. The first-order chi connectivity index (χ1) is 13.1. The molecule has 1 amide bonds. The number of guanidine groups is 1. The Morgan fingerprint density at radius 3 is 2.48 bits per heavy atom. The summed E-state index contributed by atoms with van der Waals surface area (Å²) in [6.07, 6.45) is 0. The number of hydrogen-bond donors (Lipinski definition) is 2. The molecule has 6 nitrogen and oxygen atoms in total. The molecule has 0 bridgehead atoms. The van der Waals surface area contributed by atoms with E-state index in [-0.39, 0.29) is 12.5 Å². The van der Waals surface area contributed by atoms with Crippen molar-refractivity contribution in [2.45, 2.75) is 20.0 Å². The quantitative estimate of drug-likeness (QED) is 0.555. The molecule has 0 saturated carbocycles. The van der Waals surface area contributed by atoms with Crippen LogP contribution in [0.25, 0.3) is 0 Å². The number of likely N-dealkylation sites (N-methyl/N-ethyl adjacent to an activating group) is 1. The topological polar surface area (TPSA) is 66.0 Å². The lowest BCUT2D eigenvalue weighted by atomic mass is 10.2. The first-order valence-electron chi connectivity index (χ1n) is 9.06. The van der Waals surface area contributed by atoms with E-state index in [2.05, 4.69) is 27.8 Å². The van der Waals surface area contributed by atoms with E-state index in [1.165, 1.54) is 10.5 Å². The van der Waals surface area contributed by atoms with Gasteiger partial charge in [-0.3, -0.25) is 4.79 Å². The van der Waals surface area contributed by atoms with Crippen LogP contribution in [0.4, 0.5) is 0 Å². The fourth-order valence-corrected chi connectivity index (χ4v) is 2.30. The number of rotatable bonds is 8. The van der Waals surface area contributed by atoms with Gasteiger partial charge >= 0.3 is 0 Å². The molecule has 0 aliphatic rings. The second-order valence-corrected chi connectivity index (χ2v) is 6.26. The van der Waals surface area contributed by atoms with Crippen LogP contribution in [0.2, 0.25) is 0 Å². The summed E-state index contributed by atoms with van der Waals surface area (Å²) in [4.78, 5) is 17.8. The zero-order chi connectivity index (χ0) is 19.5. The molecular weight excluding hydrogens is 340 g/mol. The molecule has 144 valence electrons. The summed E-state index contributed by atoms with van der Waals surface area (Å²) in [7, 11) is 3.42. The van der Waals surface area contributed by atoms with E-state index in [9.17, 15) is 4.79 Å². The minimum Gasteiger partial charge on any atom is -0.484 e. The molecule has 27 heavy (non-hydrogen) atoms. The van der Waals surface area contributed by atoms with E-state index in [1.807, 2.05) is 49.4 Å². The van der Waals surface area contributed by atoms with Crippen LogP contribution in [0.3, 0.4) is 0 Å². The lowest BCUT2D eigenvalue weighted by molar-refractivity contribution is -0.130. The lowest BCUT2D eigenvalue weighted by Crippen LogP contribution is -2.36. The van der Waals surface area contributed by atoms with Crippen molar-refractivity contribution in [1.29, 1.82) is 0 Å². The summed E-state index contributed by atoms with van der Waals surface area (Å²) in [6.45, 7) is 4.08. The predicted octanol–water partition coefficient (Wildman–Crippen LogP) is 2.41. The fraction of sp³-hybridized carbons (Fsp3) is 0.333. The zero-order valence-electron chi connectivity index (χ0n) is 16.2. The van der Waals surface area contributed by atoms with Gasteiger partial charge in [-0.2, -0.15) is 0 Å². The van der Waals surface area contributed by atoms with Crippen LogP contribution < -0.4 is 15.4 Å². The SMILES string of the molecule is CCNC(=NCc1cccc(OCC(=O)N(C)C)c1)NCc1ccccc1. The highest BCUT2D eigenvalue weighted by Crippen LogP contribution is 2.14. The summed E-state index contributed by atoms with van der Waals surface area (Å²) < 4.78 is 5.56. The molecular formula is C21H28N4O2. The summed E-state index contributed by atoms with van der Waals surface area (Å²) in [5, 5.41) is 6.58. The molecule has 2 aromatic carbocycles. The van der Waals surface area contributed by atoms with Crippen LogP contribution in [0.5, 0.6) is 5.75 Å². The minimum atomic E-state index is -0.0713. The maximum absolute atomic E-state index is 11.6. The third kappa shape index (κ3) is 7.40. The van der Waals surface area contributed by atoms with Crippen LogP contribution >= 0.6 is 0 Å². The molecule has 6 heteroatoms. The van der Waals surface area contributed by atoms with Gasteiger partial charge in [-0.05, 0) is 30.2 Å². The molecule has 0 radical (unpaired) electrons. The van der Waals surface area contributed by atoms with Gasteiger partial charge in [0, 0.05) is 27.2 Å². The van der Waals surface area contributed by atoms with E-state index >= 15 is 0 Å². The van der Waals surface area contributed by atoms with E-state index in [1.54, 1.807) is 14.1 Å². The molecule has 2 rings (SSSR count). The van der Waals surface area contributed by atoms with Crippen molar-refractivity contribution in [1.82, 2.24) is 15.5 Å². The van der Waals surface area contributed by atoms with E-state index in [0.717, 1.165) is 18.1 Å². The molecule has 0 fully saturated rings. The third-order valence-electron chi connectivity index (χ3n) is 3.83. The maximum Gasteiger partial charge on any atom is 0.259 e. The molecule has 0 atom stereocenters. The Morgan fingerprint density at radius 2 is 1.78 bits per heavy atom. The Balaban J connectivity index is 1.94. The van der Waals surface area contributed by atoms with Crippen molar-refractivity contribution < 1.29 is 9.53 Å². The molecule has 2 aromatic rings. The van der Waals surface area contributed by atoms with Gasteiger partial charge in [0.2, 0.25) is 0 Å². The van der Waals surface area contributed by atoms with Gasteiger partial charge in [0.25, 0.3) is 5.91 Å². The average molecular weight is 368 g/mol. The maximum atomic E-state index is 11.6. The second-order valence-electron chi connectivity index (χ2n) is 6.26. The van der Waals surface area contributed by atoms with Crippen molar-refractivity contribution in [3.05, 3.63) is 65.7 Å². The number of nitrogens with zero attached hydrogens (tertiary/aromatic N) is 2. The largest absolute Gasteiger partial charge is 0.484 e. The highest BCUT2D eigenvalue weighted by Gasteiger charge is 2.05. The summed E-state index contributed by atoms with van der Waals surface area (Å²) >= 11 is 0. The average Bonchev–Trinajstić information content (AvgIpc) is 2.69. The Bertz CT molecular complexity index is 745. The summed E-state index contributed by atoms with van der Waals surface area (Å²) in [6, 6.07) is 17.8. The number of ether oxygens (including phenoxy) is 1. The number of hydrogen-bond acceptors (Lipinski definition) is 3. The number of amides is 1. The first-order valence-corrected chi connectivity index (χ1v) is 9.06. The van der Waals surface area contributed by atoms with Crippen LogP contribution in [-0.2, 0) is 17.9 Å². The molecule has 0 unspecified atom stereocenters.